The fourth-order valence-corrected chi connectivity index (χ4v) is 4.31. The number of likely N-dealkylation sites (tertiary alicyclic amines) is 1. The Morgan fingerprint density at radius 3 is 2.69 bits per heavy atom. The maximum absolute atomic E-state index is 12.8. The fraction of sp³-hybridized carbons (Fsp3) is 0.450. The standard InChI is InChI=1S/C20H27N5O3S/c1-5-25-18(13-17(22-25)14(2)3)20(26)21-15-8-6-9-16(12-15)29(27,28)23-19-10-7-11-24(19)4/h6,8-9,12-14H,5,7,10-11H2,1-4H3,(H,21,26)/b23-19-. The molecule has 1 N–H and O–H groups in total. The number of amides is 1. The van der Waals surface area contributed by atoms with Gasteiger partial charge in [-0.05, 0) is 43.5 Å². The molecule has 1 fully saturated rings. The van der Waals surface area contributed by atoms with Crippen molar-refractivity contribution in [3.63, 3.8) is 0 Å². The van der Waals surface area contributed by atoms with Crippen molar-refractivity contribution in [2.75, 3.05) is 18.9 Å². The van der Waals surface area contributed by atoms with Crippen molar-refractivity contribution >= 4 is 27.5 Å². The van der Waals surface area contributed by atoms with Gasteiger partial charge in [-0.1, -0.05) is 19.9 Å². The molecule has 0 radical (unpaired) electrons. The normalized spacial score (nSPS) is 16.0. The van der Waals surface area contributed by atoms with E-state index in [4.69, 9.17) is 0 Å². The van der Waals surface area contributed by atoms with E-state index in [1.807, 2.05) is 32.7 Å². The molecule has 0 unspecified atom stereocenters. The average molecular weight is 418 g/mol. The molecule has 3 rings (SSSR count). The van der Waals surface area contributed by atoms with Crippen molar-refractivity contribution in [2.45, 2.75) is 51.0 Å². The van der Waals surface area contributed by atoms with Gasteiger partial charge in [0.15, 0.2) is 0 Å². The number of nitrogens with one attached hydrogen (secondary N) is 1. The van der Waals surface area contributed by atoms with Crippen LogP contribution in [-0.4, -0.2) is 48.4 Å². The van der Waals surface area contributed by atoms with Crippen molar-refractivity contribution < 1.29 is 13.2 Å². The van der Waals surface area contributed by atoms with Gasteiger partial charge in [0.2, 0.25) is 0 Å². The molecule has 0 aliphatic carbocycles. The van der Waals surface area contributed by atoms with Gasteiger partial charge in [0.25, 0.3) is 15.9 Å². The molecular weight excluding hydrogens is 390 g/mol. The van der Waals surface area contributed by atoms with Crippen molar-refractivity contribution in [1.82, 2.24) is 14.7 Å². The first-order valence-corrected chi connectivity index (χ1v) is 11.2. The van der Waals surface area contributed by atoms with Crippen molar-refractivity contribution in [2.24, 2.45) is 4.40 Å². The summed E-state index contributed by atoms with van der Waals surface area (Å²) in [5.74, 6) is 0.436. The number of amidine groups is 1. The van der Waals surface area contributed by atoms with E-state index in [2.05, 4.69) is 14.8 Å². The van der Waals surface area contributed by atoms with Crippen LogP contribution in [0.5, 0.6) is 0 Å². The maximum Gasteiger partial charge on any atom is 0.284 e. The predicted octanol–water partition coefficient (Wildman–Crippen LogP) is 3.09. The van der Waals surface area contributed by atoms with E-state index in [1.165, 1.54) is 12.1 Å². The molecule has 29 heavy (non-hydrogen) atoms. The molecule has 1 aromatic heterocycles. The Morgan fingerprint density at radius 1 is 1.31 bits per heavy atom. The van der Waals surface area contributed by atoms with Crippen molar-refractivity contribution in [1.29, 1.82) is 0 Å². The fourth-order valence-electron chi connectivity index (χ4n) is 3.17. The monoisotopic (exact) mass is 417 g/mol. The molecular formula is C20H27N5O3S. The Morgan fingerprint density at radius 2 is 2.07 bits per heavy atom. The first-order valence-electron chi connectivity index (χ1n) is 9.75. The summed E-state index contributed by atoms with van der Waals surface area (Å²) in [7, 11) is -2.01. The van der Waals surface area contributed by atoms with Crippen molar-refractivity contribution in [3.8, 4) is 0 Å². The quantitative estimate of drug-likeness (QED) is 0.779. The summed E-state index contributed by atoms with van der Waals surface area (Å²) >= 11 is 0. The van der Waals surface area contributed by atoms with Gasteiger partial charge in [-0.3, -0.25) is 9.48 Å². The summed E-state index contributed by atoms with van der Waals surface area (Å²) < 4.78 is 31.0. The molecule has 0 bridgehead atoms. The predicted molar refractivity (Wildman–Crippen MR) is 113 cm³/mol. The number of aryl methyl sites for hydroxylation is 1. The van der Waals surface area contributed by atoms with E-state index < -0.39 is 10.0 Å². The zero-order valence-electron chi connectivity index (χ0n) is 17.2. The van der Waals surface area contributed by atoms with Crippen LogP contribution in [0.2, 0.25) is 0 Å². The summed E-state index contributed by atoms with van der Waals surface area (Å²) in [6.07, 6.45) is 1.54. The third-order valence-electron chi connectivity index (χ3n) is 4.87. The number of nitrogens with zero attached hydrogens (tertiary/aromatic N) is 4. The Balaban J connectivity index is 1.84. The summed E-state index contributed by atoms with van der Waals surface area (Å²) in [6, 6.07) is 7.94. The summed E-state index contributed by atoms with van der Waals surface area (Å²) in [5.41, 5.74) is 1.67. The number of anilines is 1. The Labute approximate surface area is 171 Å². The minimum atomic E-state index is -3.84. The number of sulfonamides is 1. The van der Waals surface area contributed by atoms with Gasteiger partial charge in [0.1, 0.15) is 11.5 Å². The highest BCUT2D eigenvalue weighted by Crippen LogP contribution is 2.21. The maximum atomic E-state index is 12.8. The lowest BCUT2D eigenvalue weighted by atomic mass is 10.1. The summed E-state index contributed by atoms with van der Waals surface area (Å²) in [5, 5.41) is 7.23. The zero-order valence-corrected chi connectivity index (χ0v) is 18.0. The Kier molecular flexibility index (Phi) is 6.07. The number of rotatable bonds is 6. The molecule has 1 amide bonds. The van der Waals surface area contributed by atoms with Crippen LogP contribution in [0.25, 0.3) is 0 Å². The van der Waals surface area contributed by atoms with Gasteiger partial charge in [-0.2, -0.15) is 13.5 Å². The Bertz CT molecular complexity index is 1040. The molecule has 0 saturated carbocycles. The number of carbonyl (C=O) groups excluding carboxylic acids is 1. The molecule has 9 heteroatoms. The van der Waals surface area contributed by atoms with Crippen LogP contribution in [0, 0.1) is 0 Å². The first-order chi connectivity index (χ1) is 13.7. The van der Waals surface area contributed by atoms with Crippen LogP contribution < -0.4 is 5.32 Å². The largest absolute Gasteiger partial charge is 0.362 e. The van der Waals surface area contributed by atoms with Gasteiger partial charge in [0.05, 0.1) is 10.6 Å². The van der Waals surface area contributed by atoms with Gasteiger partial charge >= 0.3 is 0 Å². The second-order valence-corrected chi connectivity index (χ2v) is 9.02. The van der Waals surface area contributed by atoms with Crippen LogP contribution in [0.15, 0.2) is 39.6 Å². The average Bonchev–Trinajstić information content (AvgIpc) is 3.28. The molecule has 1 saturated heterocycles. The van der Waals surface area contributed by atoms with Gasteiger partial charge in [0, 0.05) is 32.2 Å². The zero-order chi connectivity index (χ0) is 21.2. The van der Waals surface area contributed by atoms with Crippen LogP contribution >= 0.6 is 0 Å². The third-order valence-corrected chi connectivity index (χ3v) is 6.17. The molecule has 0 spiro atoms. The second-order valence-electron chi connectivity index (χ2n) is 7.41. The summed E-state index contributed by atoms with van der Waals surface area (Å²) in [6.45, 7) is 7.31. The summed E-state index contributed by atoms with van der Waals surface area (Å²) in [4.78, 5) is 14.7. The topological polar surface area (TPSA) is 96.7 Å². The van der Waals surface area contributed by atoms with E-state index in [0.29, 0.717) is 30.2 Å². The lowest BCUT2D eigenvalue weighted by Gasteiger charge is -2.11. The molecule has 8 nitrogen and oxygen atoms in total. The lowest BCUT2D eigenvalue weighted by molar-refractivity contribution is 0.101. The molecule has 0 atom stereocenters. The van der Waals surface area contributed by atoms with E-state index in [-0.39, 0.29) is 16.7 Å². The highest BCUT2D eigenvalue weighted by atomic mass is 32.2. The van der Waals surface area contributed by atoms with Gasteiger partial charge < -0.3 is 10.2 Å². The number of aromatic nitrogens is 2. The SMILES string of the molecule is CCn1nc(C(C)C)cc1C(=O)Nc1cccc(S(=O)(=O)/N=C2/CCCN2C)c1. The second kappa shape index (κ2) is 8.36. The molecule has 1 aromatic carbocycles. The Hall–Kier alpha value is -2.68. The smallest absolute Gasteiger partial charge is 0.284 e. The van der Waals surface area contributed by atoms with Crippen LogP contribution in [0.1, 0.15) is 55.7 Å². The molecule has 2 aromatic rings. The molecule has 2 heterocycles. The van der Waals surface area contributed by atoms with Gasteiger partial charge in [-0.25, -0.2) is 0 Å². The molecule has 156 valence electrons. The number of hydrogen-bond acceptors (Lipinski definition) is 4. The van der Waals surface area contributed by atoms with Gasteiger partial charge in [-0.15, -0.1) is 4.40 Å². The number of hydrogen-bond donors (Lipinski definition) is 1. The van der Waals surface area contributed by atoms with E-state index in [9.17, 15) is 13.2 Å². The molecule has 1 aliphatic heterocycles. The highest BCUT2D eigenvalue weighted by Gasteiger charge is 2.21. The number of benzene rings is 1. The van der Waals surface area contributed by atoms with E-state index in [1.54, 1.807) is 22.9 Å². The van der Waals surface area contributed by atoms with Crippen LogP contribution in [0.4, 0.5) is 5.69 Å². The number of carbonyl (C=O) groups is 1. The van der Waals surface area contributed by atoms with Crippen LogP contribution in [0.3, 0.4) is 0 Å². The van der Waals surface area contributed by atoms with Crippen molar-refractivity contribution in [3.05, 3.63) is 41.7 Å². The molecule has 1 aliphatic rings. The third kappa shape index (κ3) is 4.67. The van der Waals surface area contributed by atoms with E-state index >= 15 is 0 Å². The first kappa shape index (κ1) is 21.0. The van der Waals surface area contributed by atoms with Crippen LogP contribution in [-0.2, 0) is 16.6 Å². The minimum Gasteiger partial charge on any atom is -0.362 e. The lowest BCUT2D eigenvalue weighted by Crippen LogP contribution is -2.20. The minimum absolute atomic E-state index is 0.0509. The van der Waals surface area contributed by atoms with E-state index in [0.717, 1.165) is 18.7 Å². The highest BCUT2D eigenvalue weighted by molar-refractivity contribution is 7.90.